The highest BCUT2D eigenvalue weighted by molar-refractivity contribution is 5.48. The van der Waals surface area contributed by atoms with E-state index in [4.69, 9.17) is 4.74 Å². The summed E-state index contributed by atoms with van der Waals surface area (Å²) in [5.41, 5.74) is 0.433. The fraction of sp³-hybridized carbons (Fsp3) is 0.375. The summed E-state index contributed by atoms with van der Waals surface area (Å²) in [5, 5.41) is 0. The first kappa shape index (κ1) is 13.3. The number of aromatic nitrogens is 2. The van der Waals surface area contributed by atoms with Gasteiger partial charge in [0.05, 0.1) is 0 Å². The molecule has 4 rings (SSSR count). The Morgan fingerprint density at radius 2 is 2.27 bits per heavy atom. The Morgan fingerprint density at radius 3 is 3.14 bits per heavy atom. The van der Waals surface area contributed by atoms with E-state index in [0.717, 1.165) is 25.2 Å². The van der Waals surface area contributed by atoms with Gasteiger partial charge in [0.25, 0.3) is 0 Å². The fourth-order valence-corrected chi connectivity index (χ4v) is 3.28. The van der Waals surface area contributed by atoms with Crippen molar-refractivity contribution in [3.63, 3.8) is 0 Å². The quantitative estimate of drug-likeness (QED) is 0.869. The van der Waals surface area contributed by atoms with Crippen LogP contribution in [0.5, 0.6) is 5.88 Å². The third kappa shape index (κ3) is 2.24. The summed E-state index contributed by atoms with van der Waals surface area (Å²) in [5.74, 6) is 0.882. The lowest BCUT2D eigenvalue weighted by Gasteiger charge is -2.17. The van der Waals surface area contributed by atoms with Gasteiger partial charge in [0.15, 0.2) is 0 Å². The molecule has 22 heavy (non-hydrogen) atoms. The molecule has 6 heteroatoms. The maximum absolute atomic E-state index is 13.2. The molecule has 0 aliphatic carbocycles. The molecule has 1 atom stereocenters. The first-order chi connectivity index (χ1) is 10.7. The summed E-state index contributed by atoms with van der Waals surface area (Å²) in [7, 11) is 0. The molecule has 0 spiro atoms. The van der Waals surface area contributed by atoms with Crippen LogP contribution in [0, 0.1) is 5.82 Å². The molecule has 0 amide bonds. The van der Waals surface area contributed by atoms with E-state index < -0.39 is 0 Å². The van der Waals surface area contributed by atoms with Crippen molar-refractivity contribution in [3.8, 4) is 5.88 Å². The van der Waals surface area contributed by atoms with Gasteiger partial charge in [0, 0.05) is 25.2 Å². The zero-order chi connectivity index (χ0) is 15.1. The molecular formula is C16H16FN3O2. The van der Waals surface area contributed by atoms with E-state index in [0.29, 0.717) is 24.0 Å². The zero-order valence-corrected chi connectivity index (χ0v) is 12.0. The van der Waals surface area contributed by atoms with Crippen LogP contribution in [0.1, 0.15) is 18.4 Å². The van der Waals surface area contributed by atoms with Gasteiger partial charge in [-0.15, -0.1) is 0 Å². The van der Waals surface area contributed by atoms with Crippen LogP contribution in [0.3, 0.4) is 0 Å². The molecule has 2 aliphatic heterocycles. The number of rotatable bonds is 3. The Kier molecular flexibility index (Phi) is 3.10. The lowest BCUT2D eigenvalue weighted by molar-refractivity contribution is 0.291. The predicted molar refractivity (Wildman–Crippen MR) is 79.6 cm³/mol. The highest BCUT2D eigenvalue weighted by Gasteiger charge is 2.34. The number of anilines is 1. The molecule has 0 bridgehead atoms. The molecule has 1 fully saturated rings. The summed E-state index contributed by atoms with van der Waals surface area (Å²) in [4.78, 5) is 18.3. The average molecular weight is 301 g/mol. The number of hydrogen-bond acceptors (Lipinski definition) is 4. The Bertz CT molecular complexity index is 774. The predicted octanol–water partition coefficient (Wildman–Crippen LogP) is 1.94. The monoisotopic (exact) mass is 301 g/mol. The van der Waals surface area contributed by atoms with Crippen LogP contribution in [0.4, 0.5) is 10.2 Å². The highest BCUT2D eigenvalue weighted by atomic mass is 19.1. The van der Waals surface area contributed by atoms with E-state index in [-0.39, 0.29) is 18.1 Å². The zero-order valence-electron chi connectivity index (χ0n) is 12.0. The molecule has 1 aromatic heterocycles. The van der Waals surface area contributed by atoms with Crippen molar-refractivity contribution < 1.29 is 9.13 Å². The van der Waals surface area contributed by atoms with Crippen LogP contribution >= 0.6 is 0 Å². The van der Waals surface area contributed by atoms with Gasteiger partial charge < -0.3 is 9.64 Å². The van der Waals surface area contributed by atoms with Crippen LogP contribution in [-0.4, -0.2) is 22.1 Å². The summed E-state index contributed by atoms with van der Waals surface area (Å²) in [6.45, 7) is 1.87. The lowest BCUT2D eigenvalue weighted by Crippen LogP contribution is -2.24. The molecule has 0 saturated carbocycles. The van der Waals surface area contributed by atoms with E-state index in [1.165, 1.54) is 12.1 Å². The molecule has 2 aliphatic rings. The Labute approximate surface area is 127 Å². The van der Waals surface area contributed by atoms with Gasteiger partial charge in [0.2, 0.25) is 5.88 Å². The molecule has 114 valence electrons. The van der Waals surface area contributed by atoms with Gasteiger partial charge in [-0.2, -0.15) is 4.98 Å². The number of fused-ring (bicyclic) bond motifs is 3. The van der Waals surface area contributed by atoms with Crippen LogP contribution in [0.15, 0.2) is 35.1 Å². The van der Waals surface area contributed by atoms with Crippen LogP contribution in [0.25, 0.3) is 0 Å². The lowest BCUT2D eigenvalue weighted by atomic mass is 10.2. The van der Waals surface area contributed by atoms with Gasteiger partial charge >= 0.3 is 5.69 Å². The number of benzene rings is 1. The minimum Gasteiger partial charge on any atom is -0.473 e. The largest absolute Gasteiger partial charge is 0.473 e. The average Bonchev–Trinajstić information content (AvgIpc) is 3.07. The standard InChI is InChI=1S/C16H16FN3O2/c17-12-4-1-3-11(7-12)10-22-14-8-15-19-6-2-5-13(19)9-20(15)16(21)18-14/h1,3-4,7-8,13H,2,5-6,9-10H2/t13-/m1/s1. The number of hydrogen-bond donors (Lipinski definition) is 0. The first-order valence-corrected chi connectivity index (χ1v) is 7.46. The smallest absolute Gasteiger partial charge is 0.352 e. The highest BCUT2D eigenvalue weighted by Crippen LogP contribution is 2.32. The van der Waals surface area contributed by atoms with E-state index >= 15 is 0 Å². The Hall–Kier alpha value is -2.37. The van der Waals surface area contributed by atoms with E-state index in [9.17, 15) is 9.18 Å². The number of halogens is 1. The summed E-state index contributed by atoms with van der Waals surface area (Å²) >= 11 is 0. The van der Waals surface area contributed by atoms with E-state index in [1.54, 1.807) is 16.7 Å². The second kappa shape index (κ2) is 5.12. The van der Waals surface area contributed by atoms with Crippen molar-refractivity contribution in [1.29, 1.82) is 0 Å². The minimum atomic E-state index is -0.303. The third-order valence-corrected chi connectivity index (χ3v) is 4.31. The minimum absolute atomic E-state index is 0.192. The Balaban J connectivity index is 1.57. The molecule has 2 aromatic rings. The Morgan fingerprint density at radius 1 is 1.36 bits per heavy atom. The maximum Gasteiger partial charge on any atom is 0.352 e. The summed E-state index contributed by atoms with van der Waals surface area (Å²) < 4.78 is 20.4. The van der Waals surface area contributed by atoms with Crippen molar-refractivity contribution in [2.45, 2.75) is 32.0 Å². The fourth-order valence-electron chi connectivity index (χ4n) is 3.28. The molecule has 3 heterocycles. The summed E-state index contributed by atoms with van der Waals surface area (Å²) in [6, 6.07) is 8.43. The van der Waals surface area contributed by atoms with Gasteiger partial charge in [-0.3, -0.25) is 4.57 Å². The van der Waals surface area contributed by atoms with Crippen molar-refractivity contribution in [1.82, 2.24) is 9.55 Å². The first-order valence-electron chi connectivity index (χ1n) is 7.46. The van der Waals surface area contributed by atoms with Crippen LogP contribution in [0.2, 0.25) is 0 Å². The van der Waals surface area contributed by atoms with Gasteiger partial charge in [0.1, 0.15) is 18.2 Å². The number of nitrogens with zero attached hydrogens (tertiary/aromatic N) is 3. The number of ether oxygens (including phenoxy) is 1. The molecule has 1 aromatic carbocycles. The SMILES string of the molecule is O=c1nc(OCc2cccc(F)c2)cc2n1C[C@H]1CCCN21. The second-order valence-electron chi connectivity index (χ2n) is 5.75. The molecule has 0 unspecified atom stereocenters. The van der Waals surface area contributed by atoms with Gasteiger partial charge in [-0.05, 0) is 30.5 Å². The normalized spacial score (nSPS) is 19.1. The second-order valence-corrected chi connectivity index (χ2v) is 5.75. The molecule has 0 N–H and O–H groups in total. The van der Waals surface area contributed by atoms with E-state index in [1.807, 2.05) is 6.07 Å². The summed E-state index contributed by atoms with van der Waals surface area (Å²) in [6.07, 6.45) is 2.27. The van der Waals surface area contributed by atoms with Crippen LogP contribution < -0.4 is 15.3 Å². The topological polar surface area (TPSA) is 47.4 Å². The molecule has 0 radical (unpaired) electrons. The van der Waals surface area contributed by atoms with Gasteiger partial charge in [-0.25, -0.2) is 9.18 Å². The van der Waals surface area contributed by atoms with Crippen molar-refractivity contribution in [2.24, 2.45) is 0 Å². The molecule has 1 saturated heterocycles. The van der Waals surface area contributed by atoms with Gasteiger partial charge in [-0.1, -0.05) is 12.1 Å². The maximum atomic E-state index is 13.2. The van der Waals surface area contributed by atoms with Crippen LogP contribution in [-0.2, 0) is 13.2 Å². The van der Waals surface area contributed by atoms with Crippen molar-refractivity contribution >= 4 is 5.82 Å². The molecule has 5 nitrogen and oxygen atoms in total. The molecular weight excluding hydrogens is 285 g/mol. The van der Waals surface area contributed by atoms with Crippen molar-refractivity contribution in [2.75, 3.05) is 11.4 Å². The third-order valence-electron chi connectivity index (χ3n) is 4.31. The van der Waals surface area contributed by atoms with E-state index in [2.05, 4.69) is 9.88 Å². The van der Waals surface area contributed by atoms with Crippen molar-refractivity contribution in [3.05, 3.63) is 52.2 Å².